The van der Waals surface area contributed by atoms with Crippen molar-refractivity contribution >= 4 is 22.5 Å². The number of anilines is 1. The molecule has 0 spiro atoms. The fraction of sp³-hybridized carbons (Fsp3) is 0.438. The number of fused-ring (bicyclic) bond motifs is 1. The van der Waals surface area contributed by atoms with E-state index in [0.717, 1.165) is 10.9 Å². The van der Waals surface area contributed by atoms with Gasteiger partial charge < -0.3 is 20.1 Å². The number of hydrogen-bond donors (Lipinski definition) is 3. The van der Waals surface area contributed by atoms with E-state index in [4.69, 9.17) is 0 Å². The highest BCUT2D eigenvalue weighted by Crippen LogP contribution is 2.28. The molecule has 2 rings (SSSR count). The molecule has 0 aliphatic carbocycles. The van der Waals surface area contributed by atoms with Crippen molar-refractivity contribution in [3.05, 3.63) is 30.5 Å². The number of nitrogens with zero attached hydrogens (tertiary/aromatic N) is 1. The molecular weight excluding hydrogens is 268 g/mol. The number of nitrogens with one attached hydrogen (secondary N) is 1. The summed E-state index contributed by atoms with van der Waals surface area (Å²) >= 11 is 0. The van der Waals surface area contributed by atoms with Gasteiger partial charge in [0, 0.05) is 18.0 Å². The van der Waals surface area contributed by atoms with E-state index in [1.54, 1.807) is 17.7 Å². The number of amides is 1. The van der Waals surface area contributed by atoms with Crippen LogP contribution in [0, 0.1) is 0 Å². The summed E-state index contributed by atoms with van der Waals surface area (Å²) in [7, 11) is 0. The zero-order chi connectivity index (χ0) is 15.8. The Balaban J connectivity index is 0.00000106. The van der Waals surface area contributed by atoms with Crippen molar-refractivity contribution in [1.82, 2.24) is 4.57 Å². The van der Waals surface area contributed by atoms with Crippen LogP contribution in [0.4, 0.5) is 5.69 Å². The number of para-hydroxylation sites is 1. The summed E-state index contributed by atoms with van der Waals surface area (Å²) in [6, 6.07) is 7.17. The van der Waals surface area contributed by atoms with Crippen molar-refractivity contribution in [2.24, 2.45) is 0 Å². The van der Waals surface area contributed by atoms with Crippen LogP contribution in [0.5, 0.6) is 0 Å². The van der Waals surface area contributed by atoms with Gasteiger partial charge in [-0.15, -0.1) is 0 Å². The number of carbonyl (C=O) groups is 1. The number of benzene rings is 1. The van der Waals surface area contributed by atoms with E-state index in [0.29, 0.717) is 12.1 Å². The molecule has 0 unspecified atom stereocenters. The molecule has 0 aliphatic heterocycles. The van der Waals surface area contributed by atoms with Crippen LogP contribution < -0.4 is 5.32 Å². The summed E-state index contributed by atoms with van der Waals surface area (Å²) in [4.78, 5) is 11.5. The molecule has 1 aromatic heterocycles. The van der Waals surface area contributed by atoms with E-state index in [2.05, 4.69) is 5.32 Å². The second-order valence-electron chi connectivity index (χ2n) is 4.39. The van der Waals surface area contributed by atoms with Crippen LogP contribution in [0.3, 0.4) is 0 Å². The first-order valence-corrected chi connectivity index (χ1v) is 7.32. The van der Waals surface area contributed by atoms with Crippen LogP contribution in [0.1, 0.15) is 33.2 Å². The molecule has 3 N–H and O–H groups in total. The number of hydrogen-bond acceptors (Lipinski definition) is 3. The van der Waals surface area contributed by atoms with Gasteiger partial charge in [0.05, 0.1) is 30.5 Å². The molecule has 2 aromatic rings. The molecule has 5 nitrogen and oxygen atoms in total. The maximum absolute atomic E-state index is 11.5. The molecule has 0 aliphatic rings. The van der Waals surface area contributed by atoms with Gasteiger partial charge in [-0.3, -0.25) is 4.79 Å². The summed E-state index contributed by atoms with van der Waals surface area (Å²) in [6.45, 7) is 5.48. The first kappa shape index (κ1) is 17.2. The number of aliphatic hydroxyl groups excluding tert-OH is 2. The lowest BCUT2D eigenvalue weighted by Crippen LogP contribution is -2.16. The van der Waals surface area contributed by atoms with Crippen molar-refractivity contribution in [2.45, 2.75) is 33.2 Å². The number of carbonyl (C=O) groups excluding carboxylic acids is 1. The van der Waals surface area contributed by atoms with Gasteiger partial charge in [0.25, 0.3) is 0 Å². The first-order chi connectivity index (χ1) is 10.2. The zero-order valence-corrected chi connectivity index (χ0v) is 12.8. The maximum atomic E-state index is 11.5. The van der Waals surface area contributed by atoms with Gasteiger partial charge >= 0.3 is 0 Å². The fourth-order valence-corrected chi connectivity index (χ4v) is 2.08. The quantitative estimate of drug-likeness (QED) is 0.793. The van der Waals surface area contributed by atoms with Gasteiger partial charge in [0.1, 0.15) is 0 Å². The normalized spacial score (nSPS) is 10.4. The Morgan fingerprint density at radius 1 is 1.24 bits per heavy atom. The van der Waals surface area contributed by atoms with Gasteiger partial charge in [-0.2, -0.15) is 0 Å². The van der Waals surface area contributed by atoms with E-state index >= 15 is 0 Å². The lowest BCUT2D eigenvalue weighted by atomic mass is 10.2. The minimum absolute atomic E-state index is 0.0625. The van der Waals surface area contributed by atoms with E-state index in [1.165, 1.54) is 0 Å². The van der Waals surface area contributed by atoms with Crippen molar-refractivity contribution in [3.63, 3.8) is 0 Å². The molecule has 0 saturated carbocycles. The van der Waals surface area contributed by atoms with Gasteiger partial charge in [-0.1, -0.05) is 39.0 Å². The standard InChI is InChI=1S/C14H18N2O3.C2H6/c1-2-14(19)15-12-7-16(10(8-17)9-18)13-6-4-3-5-11(12)13;1-2/h3-7,10,17-18H,2,8-9H2,1H3,(H,15,19);1-2H3. The predicted octanol–water partition coefficient (Wildman–Crippen LogP) is 2.54. The molecule has 1 heterocycles. The minimum Gasteiger partial charge on any atom is -0.394 e. The Bertz CT molecular complexity index is 574. The number of rotatable bonds is 5. The van der Waals surface area contributed by atoms with Gasteiger partial charge in [0.15, 0.2) is 0 Å². The predicted molar refractivity (Wildman–Crippen MR) is 85.4 cm³/mol. The maximum Gasteiger partial charge on any atom is 0.224 e. The topological polar surface area (TPSA) is 74.5 Å². The van der Waals surface area contributed by atoms with E-state index in [-0.39, 0.29) is 19.1 Å². The average molecular weight is 292 g/mol. The zero-order valence-electron chi connectivity index (χ0n) is 12.8. The van der Waals surface area contributed by atoms with Crippen LogP contribution in [0.25, 0.3) is 10.9 Å². The van der Waals surface area contributed by atoms with Crippen LogP contribution in [-0.4, -0.2) is 33.9 Å². The van der Waals surface area contributed by atoms with Gasteiger partial charge in [-0.25, -0.2) is 0 Å². The van der Waals surface area contributed by atoms with Crippen molar-refractivity contribution < 1.29 is 15.0 Å². The molecule has 0 bridgehead atoms. The highest BCUT2D eigenvalue weighted by molar-refractivity contribution is 6.01. The Morgan fingerprint density at radius 3 is 2.43 bits per heavy atom. The minimum atomic E-state index is -0.405. The van der Waals surface area contributed by atoms with Crippen molar-refractivity contribution in [1.29, 1.82) is 0 Å². The van der Waals surface area contributed by atoms with Crippen LogP contribution in [0.2, 0.25) is 0 Å². The lowest BCUT2D eigenvalue weighted by Gasteiger charge is -2.14. The fourth-order valence-electron chi connectivity index (χ4n) is 2.08. The third-order valence-electron chi connectivity index (χ3n) is 3.15. The van der Waals surface area contributed by atoms with Crippen molar-refractivity contribution in [2.75, 3.05) is 18.5 Å². The lowest BCUT2D eigenvalue weighted by molar-refractivity contribution is -0.115. The van der Waals surface area contributed by atoms with Crippen LogP contribution >= 0.6 is 0 Å². The summed E-state index contributed by atoms with van der Waals surface area (Å²) in [5.41, 5.74) is 1.58. The average Bonchev–Trinajstić information content (AvgIpc) is 2.89. The van der Waals surface area contributed by atoms with Crippen LogP contribution in [-0.2, 0) is 4.79 Å². The largest absolute Gasteiger partial charge is 0.394 e. The molecule has 116 valence electrons. The van der Waals surface area contributed by atoms with E-state index in [9.17, 15) is 15.0 Å². The van der Waals surface area contributed by atoms with E-state index < -0.39 is 6.04 Å². The highest BCUT2D eigenvalue weighted by Gasteiger charge is 2.15. The summed E-state index contributed by atoms with van der Waals surface area (Å²) < 4.78 is 1.79. The molecule has 21 heavy (non-hydrogen) atoms. The van der Waals surface area contributed by atoms with Crippen LogP contribution in [0.15, 0.2) is 30.5 Å². The molecule has 0 saturated heterocycles. The SMILES string of the molecule is CC.CCC(=O)Nc1cn(C(CO)CO)c2ccccc12. The third kappa shape index (κ3) is 3.83. The first-order valence-electron chi connectivity index (χ1n) is 7.32. The van der Waals surface area contributed by atoms with Crippen molar-refractivity contribution in [3.8, 4) is 0 Å². The molecule has 1 amide bonds. The smallest absolute Gasteiger partial charge is 0.224 e. The Labute approximate surface area is 125 Å². The Kier molecular flexibility index (Phi) is 6.91. The Hall–Kier alpha value is -1.85. The summed E-state index contributed by atoms with van der Waals surface area (Å²) in [6.07, 6.45) is 2.16. The molecule has 5 heteroatoms. The molecular formula is C16H24N2O3. The Morgan fingerprint density at radius 2 is 1.86 bits per heavy atom. The van der Waals surface area contributed by atoms with Gasteiger partial charge in [0.2, 0.25) is 5.91 Å². The number of aromatic nitrogens is 1. The third-order valence-corrected chi connectivity index (χ3v) is 3.15. The highest BCUT2D eigenvalue weighted by atomic mass is 16.3. The summed E-state index contributed by atoms with van der Waals surface area (Å²) in [5, 5.41) is 22.4. The molecule has 0 radical (unpaired) electrons. The molecule has 0 atom stereocenters. The molecule has 1 aromatic carbocycles. The number of aliphatic hydroxyl groups is 2. The monoisotopic (exact) mass is 292 g/mol. The van der Waals surface area contributed by atoms with Gasteiger partial charge in [-0.05, 0) is 6.07 Å². The summed E-state index contributed by atoms with van der Waals surface area (Å²) in [5.74, 6) is -0.0625. The second kappa shape index (κ2) is 8.44. The van der Waals surface area contributed by atoms with E-state index in [1.807, 2.05) is 38.1 Å². The molecule has 0 fully saturated rings. The second-order valence-corrected chi connectivity index (χ2v) is 4.39.